The van der Waals surface area contributed by atoms with Gasteiger partial charge in [0.1, 0.15) is 0 Å². The van der Waals surface area contributed by atoms with Crippen molar-refractivity contribution in [2.75, 3.05) is 5.32 Å². The predicted molar refractivity (Wildman–Crippen MR) is 159 cm³/mol. The van der Waals surface area contributed by atoms with Crippen LogP contribution in [0.2, 0.25) is 0 Å². The second-order valence-electron chi connectivity index (χ2n) is 11.7. The molecular weight excluding hydrogens is 548 g/mol. The molecule has 0 bridgehead atoms. The number of nitrogens with zero attached hydrogens (tertiary/aromatic N) is 3. The van der Waals surface area contributed by atoms with Crippen LogP contribution in [-0.2, 0) is 21.8 Å². The molecule has 1 fully saturated rings. The van der Waals surface area contributed by atoms with Crippen LogP contribution >= 0.6 is 11.3 Å². The van der Waals surface area contributed by atoms with Gasteiger partial charge in [0.2, 0.25) is 10.0 Å². The maximum Gasteiger partial charge on any atom is 0.407 e. The quantitative estimate of drug-likeness (QED) is 0.302. The molecule has 1 aromatic carbocycles. The number of sulfonamides is 1. The molecule has 10 nitrogen and oxygen atoms in total. The van der Waals surface area contributed by atoms with E-state index in [1.54, 1.807) is 28.3 Å². The van der Waals surface area contributed by atoms with E-state index < -0.39 is 15.6 Å². The van der Waals surface area contributed by atoms with Crippen LogP contribution in [0.1, 0.15) is 76.9 Å². The Hall–Kier alpha value is -2.96. The summed E-state index contributed by atoms with van der Waals surface area (Å²) in [6, 6.07) is 5.48. The van der Waals surface area contributed by atoms with Gasteiger partial charge in [-0.25, -0.2) is 22.9 Å². The lowest BCUT2D eigenvalue weighted by molar-refractivity contribution is 0.109. The average molecular weight is 589 g/mol. The van der Waals surface area contributed by atoms with Crippen molar-refractivity contribution in [1.82, 2.24) is 24.8 Å². The summed E-state index contributed by atoms with van der Waals surface area (Å²) >= 11 is 1.55. The van der Waals surface area contributed by atoms with E-state index in [-0.39, 0.29) is 29.1 Å². The highest BCUT2D eigenvalue weighted by atomic mass is 32.2. The van der Waals surface area contributed by atoms with Crippen LogP contribution in [0.25, 0.3) is 10.4 Å². The number of aryl methyl sites for hydroxylation is 2. The molecule has 0 atom stereocenters. The summed E-state index contributed by atoms with van der Waals surface area (Å²) in [4.78, 5) is 17.9. The highest BCUT2D eigenvalue weighted by Crippen LogP contribution is 2.42. The Labute approximate surface area is 241 Å². The van der Waals surface area contributed by atoms with Gasteiger partial charge < -0.3 is 15.4 Å². The minimum atomic E-state index is -3.85. The first-order valence-corrected chi connectivity index (χ1v) is 15.9. The van der Waals surface area contributed by atoms with Crippen LogP contribution in [0, 0.1) is 6.92 Å². The Kier molecular flexibility index (Phi) is 8.91. The number of nitrogens with one attached hydrogen (secondary N) is 3. The van der Waals surface area contributed by atoms with E-state index in [0.29, 0.717) is 11.3 Å². The molecule has 2 heterocycles. The van der Waals surface area contributed by atoms with Crippen LogP contribution < -0.4 is 15.4 Å². The second-order valence-corrected chi connectivity index (χ2v) is 14.4. The number of carbonyl (C=O) groups is 1. The number of benzene rings is 1. The zero-order valence-corrected chi connectivity index (χ0v) is 25.9. The molecule has 1 aliphatic rings. The van der Waals surface area contributed by atoms with E-state index in [9.17, 15) is 13.2 Å². The third-order valence-electron chi connectivity index (χ3n) is 6.50. The molecule has 40 heavy (non-hydrogen) atoms. The van der Waals surface area contributed by atoms with Gasteiger partial charge in [0.05, 0.1) is 38.5 Å². The summed E-state index contributed by atoms with van der Waals surface area (Å²) < 4.78 is 37.0. The molecule has 1 saturated carbocycles. The van der Waals surface area contributed by atoms with Gasteiger partial charge in [-0.15, -0.1) is 11.3 Å². The normalized spacial score (nSPS) is 18.1. The molecule has 3 N–H and O–H groups in total. The molecule has 218 valence electrons. The Balaban J connectivity index is 1.60. The van der Waals surface area contributed by atoms with Crippen molar-refractivity contribution in [3.8, 4) is 10.4 Å². The molecule has 1 aliphatic carbocycles. The third kappa shape index (κ3) is 7.61. The Morgan fingerprint density at radius 3 is 2.45 bits per heavy atom. The molecule has 12 heteroatoms. The number of rotatable bonds is 8. The third-order valence-corrected chi connectivity index (χ3v) is 9.66. The number of anilines is 2. The second kappa shape index (κ2) is 11.9. The monoisotopic (exact) mass is 588 g/mol. The van der Waals surface area contributed by atoms with Crippen LogP contribution in [0.3, 0.4) is 0 Å². The topological polar surface area (TPSA) is 127 Å². The molecule has 0 radical (unpaired) electrons. The first kappa shape index (κ1) is 30.0. The van der Waals surface area contributed by atoms with E-state index >= 15 is 0 Å². The average Bonchev–Trinajstić information content (AvgIpc) is 3.42. The molecular formula is C28H40N6O4S2. The zero-order valence-electron chi connectivity index (χ0n) is 24.2. The van der Waals surface area contributed by atoms with Gasteiger partial charge in [0, 0.05) is 42.0 Å². The molecule has 1 amide bonds. The fourth-order valence-corrected chi connectivity index (χ4v) is 7.86. The first-order chi connectivity index (χ1) is 18.7. The van der Waals surface area contributed by atoms with Crippen molar-refractivity contribution in [3.05, 3.63) is 41.3 Å². The summed E-state index contributed by atoms with van der Waals surface area (Å²) in [6.45, 7) is 11.1. The minimum absolute atomic E-state index is 0.0862. The number of amides is 1. The van der Waals surface area contributed by atoms with E-state index in [2.05, 4.69) is 20.5 Å². The number of thiazole rings is 1. The maximum absolute atomic E-state index is 13.6. The van der Waals surface area contributed by atoms with E-state index in [4.69, 9.17) is 9.72 Å². The van der Waals surface area contributed by atoms with Crippen LogP contribution in [0.4, 0.5) is 16.2 Å². The number of alkyl carbamates (subject to hydrolysis) is 1. The van der Waals surface area contributed by atoms with Crippen molar-refractivity contribution in [3.63, 3.8) is 0 Å². The number of aromatic nitrogens is 3. The summed E-state index contributed by atoms with van der Waals surface area (Å²) in [6.07, 6.45) is 6.46. The van der Waals surface area contributed by atoms with Gasteiger partial charge in [0.25, 0.3) is 0 Å². The Bertz CT molecular complexity index is 1450. The predicted octanol–water partition coefficient (Wildman–Crippen LogP) is 5.83. The SMILES string of the molecule is Cc1nc(C2CCC(NC(=O)OC(C)C)CC2)sc1-c1ccc(Nc2cnn(C)c2)cc1S(=O)(=O)NC(C)(C)C. The van der Waals surface area contributed by atoms with Crippen molar-refractivity contribution < 1.29 is 17.9 Å². The summed E-state index contributed by atoms with van der Waals surface area (Å²) in [5.41, 5.74) is 2.20. The maximum atomic E-state index is 13.6. The molecule has 0 spiro atoms. The van der Waals surface area contributed by atoms with Gasteiger partial charge in [-0.2, -0.15) is 5.10 Å². The van der Waals surface area contributed by atoms with Crippen LogP contribution in [0.15, 0.2) is 35.5 Å². The highest BCUT2D eigenvalue weighted by Gasteiger charge is 2.30. The lowest BCUT2D eigenvalue weighted by atomic mass is 9.86. The van der Waals surface area contributed by atoms with E-state index in [1.165, 1.54) is 0 Å². The van der Waals surface area contributed by atoms with Gasteiger partial charge in [-0.1, -0.05) is 6.07 Å². The van der Waals surface area contributed by atoms with Crippen molar-refractivity contribution in [1.29, 1.82) is 0 Å². The molecule has 3 aromatic rings. The van der Waals surface area contributed by atoms with Gasteiger partial charge >= 0.3 is 6.09 Å². The number of hydrogen-bond acceptors (Lipinski definition) is 8. The molecule has 0 saturated heterocycles. The van der Waals surface area contributed by atoms with Crippen LogP contribution in [0.5, 0.6) is 0 Å². The largest absolute Gasteiger partial charge is 0.447 e. The standard InChI is InChI=1S/C28H40N6O4S2/c1-17(2)38-27(35)32-20-10-8-19(9-11-20)26-30-18(3)25(39-26)23-13-12-21(31-22-15-29-34(7)16-22)14-24(23)40(36,37)33-28(4,5)6/h12-17,19-20,31,33H,8-11H2,1-7H3,(H,32,35). The van der Waals surface area contributed by atoms with Crippen molar-refractivity contribution >= 4 is 38.8 Å². The number of ether oxygens (including phenoxy) is 1. The first-order valence-electron chi connectivity index (χ1n) is 13.6. The summed E-state index contributed by atoms with van der Waals surface area (Å²) in [5, 5.41) is 11.4. The van der Waals surface area contributed by atoms with Crippen molar-refractivity contribution in [2.45, 2.75) is 95.7 Å². The fourth-order valence-electron chi connectivity index (χ4n) is 4.86. The van der Waals surface area contributed by atoms with Gasteiger partial charge in [-0.3, -0.25) is 4.68 Å². The molecule has 4 rings (SSSR count). The number of hydrogen-bond donors (Lipinski definition) is 3. The van der Waals surface area contributed by atoms with E-state index in [1.807, 2.05) is 66.9 Å². The highest BCUT2D eigenvalue weighted by molar-refractivity contribution is 7.89. The van der Waals surface area contributed by atoms with E-state index in [0.717, 1.165) is 46.9 Å². The molecule has 0 unspecified atom stereocenters. The zero-order chi connectivity index (χ0) is 29.2. The lowest BCUT2D eigenvalue weighted by Gasteiger charge is -2.28. The Morgan fingerprint density at radius 1 is 1.15 bits per heavy atom. The molecule has 2 aromatic heterocycles. The molecule has 0 aliphatic heterocycles. The summed E-state index contributed by atoms with van der Waals surface area (Å²) in [5.74, 6) is 0.260. The van der Waals surface area contributed by atoms with Gasteiger partial charge in [0.15, 0.2) is 0 Å². The van der Waals surface area contributed by atoms with Gasteiger partial charge in [-0.05, 0) is 79.4 Å². The lowest BCUT2D eigenvalue weighted by Crippen LogP contribution is -2.40. The van der Waals surface area contributed by atoms with Crippen LogP contribution in [-0.4, -0.2) is 47.0 Å². The number of carbonyl (C=O) groups excluding carboxylic acids is 1. The summed E-state index contributed by atoms with van der Waals surface area (Å²) in [7, 11) is -2.03. The Morgan fingerprint density at radius 2 is 1.85 bits per heavy atom. The smallest absolute Gasteiger partial charge is 0.407 e. The minimum Gasteiger partial charge on any atom is -0.447 e. The van der Waals surface area contributed by atoms with Crippen molar-refractivity contribution in [2.24, 2.45) is 7.05 Å². The fraction of sp³-hybridized carbons (Fsp3) is 0.536.